The van der Waals surface area contributed by atoms with Crippen LogP contribution in [-0.4, -0.2) is 32.2 Å². The van der Waals surface area contributed by atoms with Crippen molar-refractivity contribution < 1.29 is 17.2 Å². The van der Waals surface area contributed by atoms with Gasteiger partial charge in [0.1, 0.15) is 0 Å². The van der Waals surface area contributed by atoms with E-state index in [2.05, 4.69) is 0 Å². The van der Waals surface area contributed by atoms with Crippen molar-refractivity contribution in [3.8, 4) is 0 Å². The number of hydrogen-bond donors (Lipinski definition) is 0. The molecule has 6 heteroatoms. The second-order valence-corrected chi connectivity index (χ2v) is 6.01. The maximum absolute atomic E-state index is 12.4. The highest BCUT2D eigenvalue weighted by molar-refractivity contribution is 7.89. The normalized spacial score (nSPS) is 12.3. The Balaban J connectivity index is 3.04. The Kier molecular flexibility index (Phi) is 5.22. The quantitative estimate of drug-likeness (QED) is 0.801. The molecule has 0 N–H and O–H groups in total. The molecule has 0 radical (unpaired) electrons. The zero-order valence-corrected chi connectivity index (χ0v) is 11.3. The minimum atomic E-state index is -3.82. The summed E-state index contributed by atoms with van der Waals surface area (Å²) in [5.41, 5.74) is 0.921. The Labute approximate surface area is 106 Å². The van der Waals surface area contributed by atoms with E-state index >= 15 is 0 Å². The number of rotatable bonds is 6. The van der Waals surface area contributed by atoms with Crippen molar-refractivity contribution in [3.63, 3.8) is 0 Å². The van der Waals surface area contributed by atoms with E-state index in [0.29, 0.717) is 6.42 Å². The number of halogens is 2. The fourth-order valence-corrected chi connectivity index (χ4v) is 3.08. The first-order valence-electron chi connectivity index (χ1n) is 5.73. The second kappa shape index (κ2) is 6.24. The summed E-state index contributed by atoms with van der Waals surface area (Å²) in [4.78, 5) is 0.0576. The number of hydrogen-bond acceptors (Lipinski definition) is 2. The average molecular weight is 277 g/mol. The monoisotopic (exact) mass is 277 g/mol. The summed E-state index contributed by atoms with van der Waals surface area (Å²) in [6, 6.07) is 6.19. The maximum Gasteiger partial charge on any atom is 0.252 e. The van der Waals surface area contributed by atoms with Crippen LogP contribution >= 0.6 is 0 Å². The van der Waals surface area contributed by atoms with E-state index in [1.807, 2.05) is 6.92 Å². The highest BCUT2D eigenvalue weighted by Crippen LogP contribution is 2.17. The van der Waals surface area contributed by atoms with Gasteiger partial charge in [-0.05, 0) is 25.5 Å². The zero-order chi connectivity index (χ0) is 13.8. The largest absolute Gasteiger partial charge is 0.252 e. The van der Waals surface area contributed by atoms with E-state index in [4.69, 9.17) is 0 Å². The molecule has 1 aromatic carbocycles. The smallest absolute Gasteiger partial charge is 0.209 e. The van der Waals surface area contributed by atoms with Crippen molar-refractivity contribution in [1.82, 2.24) is 4.31 Å². The Bertz CT molecular complexity index is 471. The molecule has 0 aliphatic heterocycles. The second-order valence-electron chi connectivity index (χ2n) is 4.07. The van der Waals surface area contributed by atoms with Gasteiger partial charge < -0.3 is 0 Å². The molecule has 0 spiro atoms. The van der Waals surface area contributed by atoms with E-state index in [1.165, 1.54) is 12.1 Å². The Morgan fingerprint density at radius 1 is 1.22 bits per heavy atom. The predicted molar refractivity (Wildman–Crippen MR) is 66.2 cm³/mol. The van der Waals surface area contributed by atoms with Gasteiger partial charge >= 0.3 is 0 Å². The van der Waals surface area contributed by atoms with Gasteiger partial charge in [0.05, 0.1) is 11.4 Å². The van der Waals surface area contributed by atoms with Gasteiger partial charge in [-0.3, -0.25) is 0 Å². The molecule has 0 unspecified atom stereocenters. The lowest BCUT2D eigenvalue weighted by Crippen LogP contribution is -2.35. The molecule has 0 aromatic heterocycles. The number of alkyl halides is 2. The summed E-state index contributed by atoms with van der Waals surface area (Å²) in [6.07, 6.45) is -2.17. The lowest BCUT2D eigenvalue weighted by atomic mass is 10.2. The molecule has 0 aliphatic rings. The van der Waals surface area contributed by atoms with E-state index in [0.717, 1.165) is 9.87 Å². The summed E-state index contributed by atoms with van der Waals surface area (Å²) in [7, 11) is -3.82. The first kappa shape index (κ1) is 15.0. The first-order chi connectivity index (χ1) is 8.37. The molecule has 0 saturated heterocycles. The number of aryl methyl sites for hydroxylation is 1. The van der Waals surface area contributed by atoms with Crippen LogP contribution in [0.1, 0.15) is 18.9 Å². The van der Waals surface area contributed by atoms with E-state index in [-0.39, 0.29) is 11.4 Å². The Morgan fingerprint density at radius 2 is 1.78 bits per heavy atom. The fraction of sp³-hybridized carbons (Fsp3) is 0.500. The topological polar surface area (TPSA) is 37.4 Å². The first-order valence-corrected chi connectivity index (χ1v) is 7.17. The molecular formula is C12H17F2NO2S. The summed E-state index contributed by atoms with van der Waals surface area (Å²) in [5.74, 6) is 0. The number of sulfonamides is 1. The van der Waals surface area contributed by atoms with Crippen molar-refractivity contribution in [2.75, 3.05) is 13.1 Å². The molecule has 0 fully saturated rings. The number of benzene rings is 1. The lowest BCUT2D eigenvalue weighted by molar-refractivity contribution is 0.119. The van der Waals surface area contributed by atoms with Crippen LogP contribution in [0, 0.1) is 6.92 Å². The van der Waals surface area contributed by atoms with E-state index < -0.39 is 23.0 Å². The molecule has 0 atom stereocenters. The zero-order valence-electron chi connectivity index (χ0n) is 10.4. The van der Waals surface area contributed by atoms with Crippen LogP contribution in [0.15, 0.2) is 29.2 Å². The van der Waals surface area contributed by atoms with Gasteiger partial charge in [-0.25, -0.2) is 17.2 Å². The lowest BCUT2D eigenvalue weighted by Gasteiger charge is -2.21. The molecule has 1 rings (SSSR count). The van der Waals surface area contributed by atoms with Crippen LogP contribution in [-0.2, 0) is 10.0 Å². The summed E-state index contributed by atoms with van der Waals surface area (Å²) < 4.78 is 50.0. The minimum absolute atomic E-state index is 0.0576. The van der Waals surface area contributed by atoms with Crippen LogP contribution in [0.25, 0.3) is 0 Å². The van der Waals surface area contributed by atoms with E-state index in [9.17, 15) is 17.2 Å². The standard InChI is InChI=1S/C12H17F2NO2S/c1-3-8-15(9-12(13)14)18(16,17)11-6-4-10(2)5-7-11/h4-7,12H,3,8-9H2,1-2H3. The Hall–Kier alpha value is -1.01. The van der Waals surface area contributed by atoms with Crippen LogP contribution in [0.4, 0.5) is 8.78 Å². The van der Waals surface area contributed by atoms with Crippen LogP contribution in [0.2, 0.25) is 0 Å². The molecule has 0 saturated carbocycles. The molecule has 0 amide bonds. The summed E-state index contributed by atoms with van der Waals surface area (Å²) in [5, 5.41) is 0. The van der Waals surface area contributed by atoms with Crippen molar-refractivity contribution in [3.05, 3.63) is 29.8 Å². The predicted octanol–water partition coefficient (Wildman–Crippen LogP) is 2.66. The SMILES string of the molecule is CCCN(CC(F)F)S(=O)(=O)c1ccc(C)cc1. The van der Waals surface area contributed by atoms with Gasteiger partial charge in [-0.1, -0.05) is 24.6 Å². The molecular weight excluding hydrogens is 260 g/mol. The van der Waals surface area contributed by atoms with Crippen LogP contribution < -0.4 is 0 Å². The van der Waals surface area contributed by atoms with Crippen molar-refractivity contribution in [1.29, 1.82) is 0 Å². The molecule has 3 nitrogen and oxygen atoms in total. The third-order valence-corrected chi connectivity index (χ3v) is 4.35. The van der Waals surface area contributed by atoms with Gasteiger partial charge in [-0.15, -0.1) is 0 Å². The van der Waals surface area contributed by atoms with Crippen molar-refractivity contribution >= 4 is 10.0 Å². The Morgan fingerprint density at radius 3 is 2.22 bits per heavy atom. The van der Waals surface area contributed by atoms with E-state index in [1.54, 1.807) is 19.1 Å². The van der Waals surface area contributed by atoms with Gasteiger partial charge in [0.15, 0.2) is 0 Å². The molecule has 0 bridgehead atoms. The molecule has 0 aliphatic carbocycles. The van der Waals surface area contributed by atoms with Gasteiger partial charge in [0.25, 0.3) is 6.43 Å². The number of nitrogens with zero attached hydrogens (tertiary/aromatic N) is 1. The van der Waals surface area contributed by atoms with Crippen LogP contribution in [0.3, 0.4) is 0 Å². The summed E-state index contributed by atoms with van der Waals surface area (Å²) in [6.45, 7) is 2.92. The molecule has 0 heterocycles. The van der Waals surface area contributed by atoms with Gasteiger partial charge in [0, 0.05) is 6.54 Å². The van der Waals surface area contributed by atoms with Crippen molar-refractivity contribution in [2.45, 2.75) is 31.6 Å². The van der Waals surface area contributed by atoms with Gasteiger partial charge in [-0.2, -0.15) is 4.31 Å². The van der Waals surface area contributed by atoms with Gasteiger partial charge in [0.2, 0.25) is 10.0 Å². The van der Waals surface area contributed by atoms with Crippen LogP contribution in [0.5, 0.6) is 0 Å². The van der Waals surface area contributed by atoms with Crippen molar-refractivity contribution in [2.24, 2.45) is 0 Å². The maximum atomic E-state index is 12.4. The molecule has 102 valence electrons. The minimum Gasteiger partial charge on any atom is -0.209 e. The third kappa shape index (κ3) is 3.74. The molecule has 18 heavy (non-hydrogen) atoms. The fourth-order valence-electron chi connectivity index (χ4n) is 1.57. The average Bonchev–Trinajstić information content (AvgIpc) is 2.28. The highest BCUT2D eigenvalue weighted by atomic mass is 32.2. The summed E-state index contributed by atoms with van der Waals surface area (Å²) >= 11 is 0. The third-order valence-electron chi connectivity index (χ3n) is 2.47. The molecule has 1 aromatic rings. The highest BCUT2D eigenvalue weighted by Gasteiger charge is 2.26.